The monoisotopic (exact) mass is 317 g/mol. The number of anilines is 1. The Labute approximate surface area is 135 Å². The zero-order chi connectivity index (χ0) is 17.0. The number of nitrogens with one attached hydrogen (secondary N) is 2. The number of carbonyl (C=O) groups excluding carboxylic acids is 2. The highest BCUT2D eigenvalue weighted by molar-refractivity contribution is 6.39. The van der Waals surface area contributed by atoms with Gasteiger partial charge in [0.1, 0.15) is 0 Å². The number of fused-ring (bicyclic) bond motifs is 1. The van der Waals surface area contributed by atoms with Crippen LogP contribution in [0.4, 0.5) is 5.69 Å². The fourth-order valence-corrected chi connectivity index (χ4v) is 2.45. The number of aryl methyl sites for hydroxylation is 1. The zero-order valence-electron chi connectivity index (χ0n) is 13.7. The second kappa shape index (κ2) is 7.28. The third kappa shape index (κ3) is 4.56. The van der Waals surface area contributed by atoms with E-state index in [0.29, 0.717) is 18.0 Å². The van der Waals surface area contributed by atoms with Crippen molar-refractivity contribution in [3.05, 3.63) is 30.5 Å². The molecule has 1 aromatic heterocycles. The standard InChI is InChI=1S/C17H23N3O3/c1-11(2)8-14(21)10-18-16(22)17(23)19-13-5-4-12-6-7-20(3)15(12)9-13/h4-7,9,11,14,21H,8,10H2,1-3H3,(H,18,22)(H,19,23). The molecule has 124 valence electrons. The Morgan fingerprint density at radius 2 is 1.96 bits per heavy atom. The van der Waals surface area contributed by atoms with Gasteiger partial charge in [-0.05, 0) is 35.9 Å². The van der Waals surface area contributed by atoms with E-state index < -0.39 is 17.9 Å². The topological polar surface area (TPSA) is 83.4 Å². The summed E-state index contributed by atoms with van der Waals surface area (Å²) in [5, 5.41) is 15.8. The smallest absolute Gasteiger partial charge is 0.313 e. The molecule has 2 aromatic rings. The highest BCUT2D eigenvalue weighted by Gasteiger charge is 2.16. The SMILES string of the molecule is CC(C)CC(O)CNC(=O)C(=O)Nc1ccc2ccn(C)c2c1. The zero-order valence-corrected chi connectivity index (χ0v) is 13.7. The summed E-state index contributed by atoms with van der Waals surface area (Å²) in [5.41, 5.74) is 1.53. The van der Waals surface area contributed by atoms with Crippen molar-refractivity contribution in [3.8, 4) is 0 Å². The molecule has 6 nitrogen and oxygen atoms in total. The molecule has 2 amide bonds. The molecule has 0 bridgehead atoms. The van der Waals surface area contributed by atoms with Crippen molar-refractivity contribution in [1.82, 2.24) is 9.88 Å². The molecule has 0 aliphatic carbocycles. The summed E-state index contributed by atoms with van der Waals surface area (Å²) in [7, 11) is 1.91. The van der Waals surface area contributed by atoms with Crippen LogP contribution in [0.25, 0.3) is 10.9 Å². The Morgan fingerprint density at radius 3 is 2.65 bits per heavy atom. The Balaban J connectivity index is 1.92. The van der Waals surface area contributed by atoms with E-state index in [9.17, 15) is 14.7 Å². The Kier molecular flexibility index (Phi) is 5.39. The Bertz CT molecular complexity index is 706. The van der Waals surface area contributed by atoms with E-state index >= 15 is 0 Å². The number of benzene rings is 1. The largest absolute Gasteiger partial charge is 0.391 e. The maximum Gasteiger partial charge on any atom is 0.313 e. The van der Waals surface area contributed by atoms with Crippen LogP contribution in [0.1, 0.15) is 20.3 Å². The van der Waals surface area contributed by atoms with Crippen molar-refractivity contribution in [2.75, 3.05) is 11.9 Å². The molecule has 0 spiro atoms. The minimum atomic E-state index is -0.750. The maximum atomic E-state index is 11.9. The molecule has 2 rings (SSSR count). The first-order chi connectivity index (χ1) is 10.9. The minimum absolute atomic E-state index is 0.0707. The first-order valence-corrected chi connectivity index (χ1v) is 7.69. The van der Waals surface area contributed by atoms with Gasteiger partial charge < -0.3 is 20.3 Å². The molecule has 6 heteroatoms. The van der Waals surface area contributed by atoms with Gasteiger partial charge in [-0.15, -0.1) is 0 Å². The third-order valence-corrected chi connectivity index (χ3v) is 3.59. The third-order valence-electron chi connectivity index (χ3n) is 3.59. The van der Waals surface area contributed by atoms with Gasteiger partial charge in [-0.3, -0.25) is 9.59 Å². The van der Waals surface area contributed by atoms with Crippen molar-refractivity contribution >= 4 is 28.4 Å². The van der Waals surface area contributed by atoms with E-state index in [-0.39, 0.29) is 6.54 Å². The van der Waals surface area contributed by atoms with Crippen molar-refractivity contribution in [1.29, 1.82) is 0 Å². The predicted molar refractivity (Wildman–Crippen MR) is 90.0 cm³/mol. The summed E-state index contributed by atoms with van der Waals surface area (Å²) < 4.78 is 1.94. The van der Waals surface area contributed by atoms with Crippen LogP contribution in [0, 0.1) is 5.92 Å². The van der Waals surface area contributed by atoms with Crippen LogP contribution in [0.2, 0.25) is 0 Å². The number of carbonyl (C=O) groups is 2. The molecule has 3 N–H and O–H groups in total. The summed E-state index contributed by atoms with van der Waals surface area (Å²) in [6.07, 6.45) is 1.86. The van der Waals surface area contributed by atoms with Crippen molar-refractivity contribution in [2.24, 2.45) is 13.0 Å². The number of amides is 2. The Hall–Kier alpha value is -2.34. The molecule has 0 aliphatic rings. The molecule has 0 radical (unpaired) electrons. The van der Waals surface area contributed by atoms with Crippen LogP contribution < -0.4 is 10.6 Å². The molecule has 23 heavy (non-hydrogen) atoms. The van der Waals surface area contributed by atoms with E-state index in [0.717, 1.165) is 10.9 Å². The molecule has 0 aliphatic heterocycles. The van der Waals surface area contributed by atoms with E-state index in [2.05, 4.69) is 10.6 Å². The molecule has 0 saturated heterocycles. The minimum Gasteiger partial charge on any atom is -0.391 e. The second-order valence-electron chi connectivity index (χ2n) is 6.15. The van der Waals surface area contributed by atoms with E-state index in [1.807, 2.05) is 49.9 Å². The lowest BCUT2D eigenvalue weighted by Gasteiger charge is -2.13. The summed E-state index contributed by atoms with van der Waals surface area (Å²) in [6, 6.07) is 7.42. The van der Waals surface area contributed by atoms with Gasteiger partial charge in [0.05, 0.1) is 6.10 Å². The van der Waals surface area contributed by atoms with Crippen molar-refractivity contribution < 1.29 is 14.7 Å². The normalized spacial score (nSPS) is 12.4. The van der Waals surface area contributed by atoms with E-state index in [1.165, 1.54) is 0 Å². The van der Waals surface area contributed by atoms with Gasteiger partial charge in [0, 0.05) is 31.0 Å². The van der Waals surface area contributed by atoms with Crippen LogP contribution in [-0.2, 0) is 16.6 Å². The van der Waals surface area contributed by atoms with Crippen molar-refractivity contribution in [2.45, 2.75) is 26.4 Å². The first-order valence-electron chi connectivity index (χ1n) is 7.69. The summed E-state index contributed by atoms with van der Waals surface area (Å²) in [5.74, 6) is -1.16. The first kappa shape index (κ1) is 17.0. The van der Waals surface area contributed by atoms with Crippen molar-refractivity contribution in [3.63, 3.8) is 0 Å². The summed E-state index contributed by atoms with van der Waals surface area (Å²) in [6.45, 7) is 4.04. The lowest BCUT2D eigenvalue weighted by atomic mass is 10.1. The lowest BCUT2D eigenvalue weighted by molar-refractivity contribution is -0.136. The summed E-state index contributed by atoms with van der Waals surface area (Å²) >= 11 is 0. The predicted octanol–water partition coefficient (Wildman–Crippen LogP) is 1.64. The van der Waals surface area contributed by atoms with Crippen LogP contribution in [-0.4, -0.2) is 34.1 Å². The van der Waals surface area contributed by atoms with Crippen LogP contribution in [0.3, 0.4) is 0 Å². The fourth-order valence-electron chi connectivity index (χ4n) is 2.45. The van der Waals surface area contributed by atoms with Gasteiger partial charge in [-0.1, -0.05) is 19.9 Å². The quantitative estimate of drug-likeness (QED) is 0.733. The molecular formula is C17H23N3O3. The van der Waals surface area contributed by atoms with E-state index in [1.54, 1.807) is 6.07 Å². The van der Waals surface area contributed by atoms with Crippen LogP contribution >= 0.6 is 0 Å². The number of hydrogen-bond donors (Lipinski definition) is 3. The molecule has 1 unspecified atom stereocenters. The van der Waals surface area contributed by atoms with Crippen LogP contribution in [0.5, 0.6) is 0 Å². The van der Waals surface area contributed by atoms with Gasteiger partial charge in [0.25, 0.3) is 0 Å². The second-order valence-corrected chi connectivity index (χ2v) is 6.15. The summed E-state index contributed by atoms with van der Waals surface area (Å²) in [4.78, 5) is 23.7. The lowest BCUT2D eigenvalue weighted by Crippen LogP contribution is -2.39. The molecule has 0 saturated carbocycles. The van der Waals surface area contributed by atoms with Gasteiger partial charge in [-0.2, -0.15) is 0 Å². The number of aromatic nitrogens is 1. The molecule has 1 heterocycles. The van der Waals surface area contributed by atoms with Gasteiger partial charge >= 0.3 is 11.8 Å². The maximum absolute atomic E-state index is 11.9. The molecular weight excluding hydrogens is 294 g/mol. The average Bonchev–Trinajstić information content (AvgIpc) is 2.85. The highest BCUT2D eigenvalue weighted by Crippen LogP contribution is 2.19. The molecule has 0 fully saturated rings. The van der Waals surface area contributed by atoms with Gasteiger partial charge in [0.15, 0.2) is 0 Å². The average molecular weight is 317 g/mol. The highest BCUT2D eigenvalue weighted by atomic mass is 16.3. The fraction of sp³-hybridized carbons (Fsp3) is 0.412. The van der Waals surface area contributed by atoms with Gasteiger partial charge in [0.2, 0.25) is 0 Å². The van der Waals surface area contributed by atoms with Gasteiger partial charge in [-0.25, -0.2) is 0 Å². The number of aliphatic hydroxyl groups excluding tert-OH is 1. The van der Waals surface area contributed by atoms with Crippen LogP contribution in [0.15, 0.2) is 30.5 Å². The molecule has 1 atom stereocenters. The number of rotatable bonds is 5. The number of aliphatic hydroxyl groups is 1. The number of nitrogens with zero attached hydrogens (tertiary/aromatic N) is 1. The Morgan fingerprint density at radius 1 is 1.22 bits per heavy atom. The van der Waals surface area contributed by atoms with E-state index in [4.69, 9.17) is 0 Å². The number of hydrogen-bond acceptors (Lipinski definition) is 3. The molecule has 1 aromatic carbocycles.